The Balaban J connectivity index is 1.79. The summed E-state index contributed by atoms with van der Waals surface area (Å²) in [5.74, 6) is -3.57. The number of fused-ring (bicyclic) bond motifs is 1. The molecule has 1 aromatic rings. The van der Waals surface area contributed by atoms with Crippen LogP contribution in [-0.2, 0) is 30.4 Å². The molecular formula is C19H22Cl2FNO5. The van der Waals surface area contributed by atoms with E-state index in [0.717, 1.165) is 5.56 Å². The van der Waals surface area contributed by atoms with Gasteiger partial charge in [0.1, 0.15) is 5.54 Å². The number of hydrogen-bond donors (Lipinski definition) is 1. The van der Waals surface area contributed by atoms with Crippen LogP contribution in [-0.4, -0.2) is 42.5 Å². The molecule has 2 saturated carbocycles. The number of ether oxygens (including phenoxy) is 3. The topological polar surface area (TPSA) is 87.9 Å². The third-order valence-corrected chi connectivity index (χ3v) is 6.19. The second-order valence-electron chi connectivity index (χ2n) is 7.01. The minimum absolute atomic E-state index is 0.0399. The van der Waals surface area contributed by atoms with Gasteiger partial charge in [-0.05, 0) is 38.0 Å². The summed E-state index contributed by atoms with van der Waals surface area (Å²) in [5, 5.41) is 0.774. The second kappa shape index (κ2) is 7.78. The van der Waals surface area contributed by atoms with Gasteiger partial charge in [-0.15, -0.1) is 0 Å². The van der Waals surface area contributed by atoms with Gasteiger partial charge in [-0.3, -0.25) is 0 Å². The maximum atomic E-state index is 15.3. The molecule has 1 aromatic carbocycles. The normalized spacial score (nSPS) is 33.3. The molecule has 6 nitrogen and oxygen atoms in total. The molecule has 0 aromatic heterocycles. The highest BCUT2D eigenvalue weighted by atomic mass is 35.5. The number of carbonyl (C=O) groups is 2. The first kappa shape index (κ1) is 21.3. The van der Waals surface area contributed by atoms with Crippen LogP contribution in [0.15, 0.2) is 18.2 Å². The van der Waals surface area contributed by atoms with Crippen molar-refractivity contribution in [1.82, 2.24) is 0 Å². The van der Waals surface area contributed by atoms with Crippen molar-refractivity contribution in [1.29, 1.82) is 0 Å². The Morgan fingerprint density at radius 2 is 1.82 bits per heavy atom. The van der Waals surface area contributed by atoms with Crippen molar-refractivity contribution in [3.05, 3.63) is 33.8 Å². The zero-order valence-electron chi connectivity index (χ0n) is 15.5. The summed E-state index contributed by atoms with van der Waals surface area (Å²) in [6.07, 6.45) is -0.703. The third-order valence-electron chi connectivity index (χ3n) is 5.45. The largest absolute Gasteiger partial charge is 0.465 e. The fraction of sp³-hybridized carbons (Fsp3) is 0.579. The van der Waals surface area contributed by atoms with Crippen LogP contribution in [0.25, 0.3) is 0 Å². The Kier molecular flexibility index (Phi) is 5.92. The lowest BCUT2D eigenvalue weighted by Crippen LogP contribution is -2.61. The summed E-state index contributed by atoms with van der Waals surface area (Å²) in [6.45, 7) is 3.42. The number of rotatable bonds is 7. The van der Waals surface area contributed by atoms with Gasteiger partial charge in [0, 0.05) is 11.8 Å². The summed E-state index contributed by atoms with van der Waals surface area (Å²) >= 11 is 11.9. The smallest absolute Gasteiger partial charge is 0.344 e. The van der Waals surface area contributed by atoms with Gasteiger partial charge >= 0.3 is 11.9 Å². The zero-order chi connectivity index (χ0) is 20.7. The highest BCUT2D eigenvalue weighted by molar-refractivity contribution is 6.42. The molecule has 0 spiro atoms. The lowest BCUT2D eigenvalue weighted by Gasteiger charge is -2.33. The van der Waals surface area contributed by atoms with Gasteiger partial charge in [-0.2, -0.15) is 0 Å². The molecular weight excluding hydrogens is 412 g/mol. The summed E-state index contributed by atoms with van der Waals surface area (Å²) in [5.41, 5.74) is 3.00. The first-order valence-electron chi connectivity index (χ1n) is 9.08. The van der Waals surface area contributed by atoms with Crippen LogP contribution < -0.4 is 5.73 Å². The molecule has 2 aliphatic rings. The van der Waals surface area contributed by atoms with Crippen molar-refractivity contribution in [3.63, 3.8) is 0 Å². The Labute approximate surface area is 172 Å². The number of carbonyl (C=O) groups excluding carboxylic acids is 2. The monoisotopic (exact) mass is 433 g/mol. The molecule has 154 valence electrons. The van der Waals surface area contributed by atoms with Crippen molar-refractivity contribution in [2.24, 2.45) is 17.6 Å². The lowest BCUT2D eigenvalue weighted by molar-refractivity contribution is -0.163. The van der Waals surface area contributed by atoms with E-state index in [2.05, 4.69) is 0 Å². The number of hydrogen-bond acceptors (Lipinski definition) is 6. The Bertz CT molecular complexity index is 794. The minimum Gasteiger partial charge on any atom is -0.465 e. The van der Waals surface area contributed by atoms with E-state index < -0.39 is 41.1 Å². The molecule has 2 aliphatic carbocycles. The van der Waals surface area contributed by atoms with Crippen LogP contribution in [0.1, 0.15) is 25.8 Å². The van der Waals surface area contributed by atoms with E-state index in [0.29, 0.717) is 10.0 Å². The number of esters is 2. The number of nitrogens with two attached hydrogens (primary N) is 1. The third kappa shape index (κ3) is 3.28. The van der Waals surface area contributed by atoms with E-state index in [1.807, 2.05) is 0 Å². The van der Waals surface area contributed by atoms with E-state index in [1.54, 1.807) is 32.0 Å². The first-order valence-corrected chi connectivity index (χ1v) is 9.84. The van der Waals surface area contributed by atoms with Crippen LogP contribution in [0.3, 0.4) is 0 Å². The van der Waals surface area contributed by atoms with Crippen LogP contribution in [0, 0.1) is 11.8 Å². The second-order valence-corrected chi connectivity index (χ2v) is 7.82. The van der Waals surface area contributed by atoms with E-state index in [9.17, 15) is 9.59 Å². The van der Waals surface area contributed by atoms with E-state index >= 15 is 4.39 Å². The molecule has 2 N–H and O–H groups in total. The lowest BCUT2D eigenvalue weighted by atomic mass is 9.87. The van der Waals surface area contributed by atoms with E-state index in [-0.39, 0.29) is 26.2 Å². The van der Waals surface area contributed by atoms with Crippen molar-refractivity contribution < 1.29 is 28.2 Å². The molecule has 5 unspecified atom stereocenters. The molecule has 28 heavy (non-hydrogen) atoms. The predicted octanol–water partition coefficient (Wildman–Crippen LogP) is 3.06. The van der Waals surface area contributed by atoms with Crippen LogP contribution in [0.5, 0.6) is 0 Å². The molecule has 0 saturated heterocycles. The summed E-state index contributed by atoms with van der Waals surface area (Å²) in [4.78, 5) is 24.7. The molecule has 0 radical (unpaired) electrons. The molecule has 0 heterocycles. The SMILES string of the molecule is CCOC(=O)C1(N)C(OCc2ccc(Cl)c(Cl)c2)CC2C1C2(F)C(=O)OCC. The van der Waals surface area contributed by atoms with Gasteiger partial charge in [-0.1, -0.05) is 29.3 Å². The van der Waals surface area contributed by atoms with Crippen molar-refractivity contribution in [2.45, 2.75) is 44.2 Å². The molecule has 3 rings (SSSR count). The standard InChI is InChI=1S/C19H22Cl2FNO5/c1-3-26-16(24)18(22)11-8-14(19(23,15(11)18)17(25)27-4-2)28-9-10-5-6-12(20)13(21)7-10/h5-7,11,14-15H,3-4,8-9,23H2,1-2H3. The maximum Gasteiger partial charge on any atom is 0.344 e. The molecule has 2 fully saturated rings. The Hall–Kier alpha value is -1.41. The number of benzene rings is 1. The summed E-state index contributed by atoms with van der Waals surface area (Å²) in [6, 6.07) is 4.99. The molecule has 0 aliphatic heterocycles. The highest BCUT2D eigenvalue weighted by Crippen LogP contribution is 2.67. The Morgan fingerprint density at radius 1 is 1.18 bits per heavy atom. The van der Waals surface area contributed by atoms with Gasteiger partial charge in [0.05, 0.1) is 36.0 Å². The van der Waals surface area contributed by atoms with E-state index in [1.165, 1.54) is 0 Å². The summed E-state index contributed by atoms with van der Waals surface area (Å²) in [7, 11) is 0. The Morgan fingerprint density at radius 3 is 2.43 bits per heavy atom. The maximum absolute atomic E-state index is 15.3. The molecule has 5 atom stereocenters. The molecule has 0 amide bonds. The van der Waals surface area contributed by atoms with Gasteiger partial charge in [0.15, 0.2) is 0 Å². The summed E-state index contributed by atoms with van der Waals surface area (Å²) < 4.78 is 31.0. The van der Waals surface area contributed by atoms with Crippen LogP contribution >= 0.6 is 23.2 Å². The number of alkyl halides is 1. The van der Waals surface area contributed by atoms with Crippen molar-refractivity contribution in [3.8, 4) is 0 Å². The van der Waals surface area contributed by atoms with Crippen LogP contribution in [0.2, 0.25) is 10.0 Å². The van der Waals surface area contributed by atoms with Crippen molar-refractivity contribution >= 4 is 35.1 Å². The first-order chi connectivity index (χ1) is 13.2. The van der Waals surface area contributed by atoms with Crippen molar-refractivity contribution in [2.75, 3.05) is 13.2 Å². The number of halogens is 3. The fourth-order valence-corrected chi connectivity index (χ4v) is 4.43. The van der Waals surface area contributed by atoms with Gasteiger partial charge < -0.3 is 19.9 Å². The highest BCUT2D eigenvalue weighted by Gasteiger charge is 2.85. The predicted molar refractivity (Wildman–Crippen MR) is 101 cm³/mol. The van der Waals surface area contributed by atoms with Gasteiger partial charge in [0.25, 0.3) is 0 Å². The van der Waals surface area contributed by atoms with E-state index in [4.69, 9.17) is 43.1 Å². The average molecular weight is 434 g/mol. The van der Waals surface area contributed by atoms with Gasteiger partial charge in [0.2, 0.25) is 5.67 Å². The van der Waals surface area contributed by atoms with Crippen LogP contribution in [0.4, 0.5) is 4.39 Å². The van der Waals surface area contributed by atoms with Gasteiger partial charge in [-0.25, -0.2) is 14.0 Å². The zero-order valence-corrected chi connectivity index (χ0v) is 17.1. The average Bonchev–Trinajstić information content (AvgIpc) is 3.13. The minimum atomic E-state index is -2.29. The fourth-order valence-electron chi connectivity index (χ4n) is 4.11. The quantitative estimate of drug-likeness (QED) is 0.664. The molecule has 9 heteroatoms. The molecule has 0 bridgehead atoms.